The molecule has 0 radical (unpaired) electrons. The quantitative estimate of drug-likeness (QED) is 0.828. The summed E-state index contributed by atoms with van der Waals surface area (Å²) >= 11 is 0. The Morgan fingerprint density at radius 1 is 1.28 bits per heavy atom. The third-order valence-electron chi connectivity index (χ3n) is 2.86. The van der Waals surface area contributed by atoms with Gasteiger partial charge >= 0.3 is 0 Å². The number of hydrogen-bond acceptors (Lipinski definition) is 4. The number of carbonyl (C=O) groups excluding carboxylic acids is 1. The molecule has 4 nitrogen and oxygen atoms in total. The lowest BCUT2D eigenvalue weighted by Gasteiger charge is -2.36. The molecular weight excluding hydrogens is 232 g/mol. The molecule has 1 unspecified atom stereocenters. The average Bonchev–Trinajstić information content (AvgIpc) is 2.38. The third kappa shape index (κ3) is 2.96. The van der Waals surface area contributed by atoms with E-state index in [1.807, 2.05) is 19.9 Å². The molecule has 1 aromatic carbocycles. The highest BCUT2D eigenvalue weighted by Crippen LogP contribution is 2.25. The highest BCUT2D eigenvalue weighted by molar-refractivity contribution is 5.99. The Bertz CT molecular complexity index is 403. The lowest BCUT2D eigenvalue weighted by molar-refractivity contribution is -0.246. The van der Waals surface area contributed by atoms with Gasteiger partial charge in [-0.15, -0.1) is 0 Å². The molecule has 0 aromatic heterocycles. The van der Waals surface area contributed by atoms with E-state index in [9.17, 15) is 9.90 Å². The fraction of sp³-hybridized carbons (Fsp3) is 0.500. The average molecular weight is 250 g/mol. The van der Waals surface area contributed by atoms with Crippen molar-refractivity contribution in [1.29, 1.82) is 0 Å². The van der Waals surface area contributed by atoms with Crippen LogP contribution in [0.2, 0.25) is 0 Å². The minimum Gasteiger partial charge on any atom is -0.380 e. The van der Waals surface area contributed by atoms with Gasteiger partial charge in [0.25, 0.3) is 0 Å². The zero-order valence-corrected chi connectivity index (χ0v) is 10.6. The number of rotatable bonds is 3. The number of benzene rings is 1. The molecule has 18 heavy (non-hydrogen) atoms. The Morgan fingerprint density at radius 2 is 1.83 bits per heavy atom. The first-order valence-electron chi connectivity index (χ1n) is 6.00. The Morgan fingerprint density at radius 3 is 2.39 bits per heavy atom. The van der Waals surface area contributed by atoms with Crippen LogP contribution in [0.5, 0.6) is 0 Å². The SMILES string of the molecule is CC1(C)COC(C(O)C(=O)c2ccccc2)OC1. The van der Waals surface area contributed by atoms with E-state index in [2.05, 4.69) is 0 Å². The van der Waals surface area contributed by atoms with E-state index in [0.29, 0.717) is 18.8 Å². The Balaban J connectivity index is 2.00. The molecule has 1 N–H and O–H groups in total. The van der Waals surface area contributed by atoms with Gasteiger partial charge in [0.15, 0.2) is 18.2 Å². The summed E-state index contributed by atoms with van der Waals surface area (Å²) < 4.78 is 10.8. The number of aliphatic hydroxyl groups is 1. The summed E-state index contributed by atoms with van der Waals surface area (Å²) in [6, 6.07) is 8.66. The van der Waals surface area contributed by atoms with Gasteiger partial charge in [0.05, 0.1) is 13.2 Å². The number of hydrogen-bond donors (Lipinski definition) is 1. The van der Waals surface area contributed by atoms with Crippen molar-refractivity contribution in [3.63, 3.8) is 0 Å². The monoisotopic (exact) mass is 250 g/mol. The molecule has 1 aromatic rings. The summed E-state index contributed by atoms with van der Waals surface area (Å²) in [5.74, 6) is -0.375. The summed E-state index contributed by atoms with van der Waals surface area (Å²) in [5.41, 5.74) is 0.383. The second-order valence-electron chi connectivity index (χ2n) is 5.33. The molecule has 98 valence electrons. The maximum Gasteiger partial charge on any atom is 0.196 e. The van der Waals surface area contributed by atoms with Crippen LogP contribution in [-0.4, -0.2) is 36.5 Å². The van der Waals surface area contributed by atoms with E-state index in [1.54, 1.807) is 24.3 Å². The minimum absolute atomic E-state index is 0.0774. The maximum atomic E-state index is 12.0. The van der Waals surface area contributed by atoms with E-state index < -0.39 is 12.4 Å². The van der Waals surface area contributed by atoms with E-state index in [0.717, 1.165) is 0 Å². The molecule has 2 rings (SSSR count). The van der Waals surface area contributed by atoms with Gasteiger partial charge in [-0.25, -0.2) is 0 Å². The van der Waals surface area contributed by atoms with Gasteiger partial charge in [-0.1, -0.05) is 44.2 Å². The molecule has 0 spiro atoms. The highest BCUT2D eigenvalue weighted by Gasteiger charge is 2.35. The van der Waals surface area contributed by atoms with Gasteiger partial charge in [0.2, 0.25) is 0 Å². The smallest absolute Gasteiger partial charge is 0.196 e. The number of Topliss-reactive ketones (excluding diaryl/α,β-unsaturated/α-hetero) is 1. The van der Waals surface area contributed by atoms with Gasteiger partial charge in [-0.05, 0) is 0 Å². The van der Waals surface area contributed by atoms with Crippen molar-refractivity contribution in [2.45, 2.75) is 26.2 Å². The van der Waals surface area contributed by atoms with Gasteiger partial charge < -0.3 is 14.6 Å². The van der Waals surface area contributed by atoms with Crippen LogP contribution in [0.3, 0.4) is 0 Å². The van der Waals surface area contributed by atoms with Crippen LogP contribution in [0.15, 0.2) is 30.3 Å². The lowest BCUT2D eigenvalue weighted by atomic mass is 9.95. The number of ketones is 1. The van der Waals surface area contributed by atoms with Crippen molar-refractivity contribution in [3.05, 3.63) is 35.9 Å². The summed E-state index contributed by atoms with van der Waals surface area (Å²) in [6.45, 7) is 4.96. The van der Waals surface area contributed by atoms with Crippen LogP contribution in [0.4, 0.5) is 0 Å². The van der Waals surface area contributed by atoms with Crippen LogP contribution in [0.1, 0.15) is 24.2 Å². The maximum absolute atomic E-state index is 12.0. The highest BCUT2D eigenvalue weighted by atomic mass is 16.7. The van der Waals surface area contributed by atoms with E-state index in [4.69, 9.17) is 9.47 Å². The molecule has 4 heteroatoms. The Kier molecular flexibility index (Phi) is 3.80. The Hall–Kier alpha value is -1.23. The summed E-state index contributed by atoms with van der Waals surface area (Å²) in [6.07, 6.45) is -2.14. The molecule has 1 aliphatic heterocycles. The molecule has 1 heterocycles. The Labute approximate surface area is 107 Å². The summed E-state index contributed by atoms with van der Waals surface area (Å²) in [5, 5.41) is 9.97. The molecule has 1 saturated heterocycles. The fourth-order valence-electron chi connectivity index (χ4n) is 1.78. The summed E-state index contributed by atoms with van der Waals surface area (Å²) in [4.78, 5) is 12.0. The molecule has 1 atom stereocenters. The van der Waals surface area contributed by atoms with E-state index >= 15 is 0 Å². The molecular formula is C14H18O4. The van der Waals surface area contributed by atoms with Crippen LogP contribution in [0, 0.1) is 5.41 Å². The third-order valence-corrected chi connectivity index (χ3v) is 2.86. The van der Waals surface area contributed by atoms with Crippen molar-refractivity contribution < 1.29 is 19.4 Å². The fourth-order valence-corrected chi connectivity index (χ4v) is 1.78. The predicted molar refractivity (Wildman–Crippen MR) is 66.3 cm³/mol. The number of ether oxygens (including phenoxy) is 2. The van der Waals surface area contributed by atoms with Crippen molar-refractivity contribution in [2.24, 2.45) is 5.41 Å². The second kappa shape index (κ2) is 5.18. The second-order valence-corrected chi connectivity index (χ2v) is 5.33. The molecule has 0 saturated carbocycles. The van der Waals surface area contributed by atoms with Crippen LogP contribution in [-0.2, 0) is 9.47 Å². The minimum atomic E-state index is -1.27. The van der Waals surface area contributed by atoms with Crippen molar-refractivity contribution in [1.82, 2.24) is 0 Å². The van der Waals surface area contributed by atoms with Crippen LogP contribution < -0.4 is 0 Å². The van der Waals surface area contributed by atoms with Crippen molar-refractivity contribution in [3.8, 4) is 0 Å². The van der Waals surface area contributed by atoms with Gasteiger partial charge in [-0.3, -0.25) is 4.79 Å². The molecule has 0 bridgehead atoms. The molecule has 1 fully saturated rings. The molecule has 1 aliphatic rings. The van der Waals surface area contributed by atoms with Gasteiger partial charge in [-0.2, -0.15) is 0 Å². The van der Waals surface area contributed by atoms with Crippen molar-refractivity contribution >= 4 is 5.78 Å². The van der Waals surface area contributed by atoms with E-state index in [-0.39, 0.29) is 11.2 Å². The van der Waals surface area contributed by atoms with Crippen LogP contribution >= 0.6 is 0 Å². The number of aliphatic hydroxyl groups excluding tert-OH is 1. The first-order chi connectivity index (χ1) is 8.49. The van der Waals surface area contributed by atoms with E-state index in [1.165, 1.54) is 0 Å². The summed E-state index contributed by atoms with van der Waals surface area (Å²) in [7, 11) is 0. The topological polar surface area (TPSA) is 55.8 Å². The zero-order valence-electron chi connectivity index (χ0n) is 10.6. The molecule has 0 amide bonds. The number of carbonyl (C=O) groups is 1. The van der Waals surface area contributed by atoms with Gasteiger partial charge in [0, 0.05) is 11.0 Å². The largest absolute Gasteiger partial charge is 0.380 e. The predicted octanol–water partition coefficient (Wildman–Crippen LogP) is 1.63. The lowest BCUT2D eigenvalue weighted by Crippen LogP contribution is -2.46. The molecule has 0 aliphatic carbocycles. The van der Waals surface area contributed by atoms with Gasteiger partial charge in [0.1, 0.15) is 0 Å². The zero-order chi connectivity index (χ0) is 13.2. The first kappa shape index (κ1) is 13.2. The van der Waals surface area contributed by atoms with Crippen molar-refractivity contribution in [2.75, 3.05) is 13.2 Å². The normalized spacial score (nSPS) is 21.5. The standard InChI is InChI=1S/C14H18O4/c1-14(2)8-17-13(18-9-14)12(16)11(15)10-6-4-3-5-7-10/h3-7,12-13,16H,8-9H2,1-2H3. The van der Waals surface area contributed by atoms with Crippen LogP contribution in [0.25, 0.3) is 0 Å². The first-order valence-corrected chi connectivity index (χ1v) is 6.00.